The quantitative estimate of drug-likeness (QED) is 0.683. The summed E-state index contributed by atoms with van der Waals surface area (Å²) >= 11 is 0. The molecule has 1 rings (SSSR count). The molecule has 14 heavy (non-hydrogen) atoms. The summed E-state index contributed by atoms with van der Waals surface area (Å²) in [6.07, 6.45) is 0. The number of methoxy groups -OCH3 is 1. The molecule has 0 unspecified atom stereocenters. The van der Waals surface area contributed by atoms with Crippen LogP contribution in [0.1, 0.15) is 42.9 Å². The zero-order valence-electron chi connectivity index (χ0n) is 8.94. The zero-order valence-corrected chi connectivity index (χ0v) is 8.94. The summed E-state index contributed by atoms with van der Waals surface area (Å²) in [6.45, 7) is 6.66. The molecule has 0 amide bonds. The summed E-state index contributed by atoms with van der Waals surface area (Å²) in [5.41, 5.74) is 1.16. The van der Waals surface area contributed by atoms with E-state index in [9.17, 15) is 4.79 Å². The number of aryl methyl sites for hydroxylation is 1. The van der Waals surface area contributed by atoms with E-state index in [4.69, 9.17) is 0 Å². The van der Waals surface area contributed by atoms with E-state index in [0.29, 0.717) is 12.2 Å². The third kappa shape index (κ3) is 1.76. The van der Waals surface area contributed by atoms with Gasteiger partial charge >= 0.3 is 5.97 Å². The summed E-state index contributed by atoms with van der Waals surface area (Å²) in [6, 6.07) is 0. The smallest absolute Gasteiger partial charge is 0.360 e. The lowest BCUT2D eigenvalue weighted by Gasteiger charge is -2.07. The molecule has 0 saturated carbocycles. The van der Waals surface area contributed by atoms with Crippen molar-refractivity contribution in [1.82, 2.24) is 15.0 Å². The number of ether oxygens (including phenoxy) is 1. The van der Waals surface area contributed by atoms with E-state index in [-0.39, 0.29) is 5.92 Å². The van der Waals surface area contributed by atoms with Crippen LogP contribution in [0, 0.1) is 0 Å². The average molecular weight is 197 g/mol. The first-order valence-corrected chi connectivity index (χ1v) is 4.63. The molecule has 1 heterocycles. The Hall–Kier alpha value is -1.39. The van der Waals surface area contributed by atoms with Crippen LogP contribution in [0.25, 0.3) is 0 Å². The second-order valence-electron chi connectivity index (χ2n) is 3.29. The number of aromatic nitrogens is 3. The van der Waals surface area contributed by atoms with E-state index in [0.717, 1.165) is 5.69 Å². The molecule has 0 fully saturated rings. The monoisotopic (exact) mass is 197 g/mol. The number of esters is 1. The van der Waals surface area contributed by atoms with Gasteiger partial charge in [0.2, 0.25) is 0 Å². The Morgan fingerprint density at radius 1 is 1.57 bits per heavy atom. The molecule has 0 aliphatic heterocycles. The maximum absolute atomic E-state index is 11.3. The highest BCUT2D eigenvalue weighted by Crippen LogP contribution is 2.17. The Bertz CT molecular complexity index is 331. The molecule has 78 valence electrons. The Labute approximate surface area is 83.1 Å². The molecular weight excluding hydrogens is 182 g/mol. The molecule has 0 atom stereocenters. The minimum absolute atomic E-state index is 0.207. The fourth-order valence-electron chi connectivity index (χ4n) is 1.37. The molecule has 0 bridgehead atoms. The van der Waals surface area contributed by atoms with Gasteiger partial charge in [-0.2, -0.15) is 0 Å². The van der Waals surface area contributed by atoms with E-state index in [2.05, 4.69) is 15.0 Å². The third-order valence-corrected chi connectivity index (χ3v) is 2.00. The Kier molecular flexibility index (Phi) is 3.22. The number of carbonyl (C=O) groups excluding carboxylic acids is 1. The predicted octanol–water partition coefficient (Wildman–Crippen LogP) is 1.21. The molecular formula is C9H15N3O2. The average Bonchev–Trinajstić information content (AvgIpc) is 2.59. The molecule has 1 aromatic rings. The molecule has 1 aromatic heterocycles. The lowest BCUT2D eigenvalue weighted by Crippen LogP contribution is -2.10. The third-order valence-electron chi connectivity index (χ3n) is 2.00. The van der Waals surface area contributed by atoms with Crippen LogP contribution in [-0.2, 0) is 11.3 Å². The number of carbonyl (C=O) groups is 1. The van der Waals surface area contributed by atoms with Gasteiger partial charge in [-0.1, -0.05) is 19.1 Å². The first kappa shape index (κ1) is 10.7. The molecule has 5 heteroatoms. The van der Waals surface area contributed by atoms with Gasteiger partial charge in [0.05, 0.1) is 12.8 Å². The molecule has 0 spiro atoms. The van der Waals surface area contributed by atoms with E-state index >= 15 is 0 Å². The highest BCUT2D eigenvalue weighted by atomic mass is 16.5. The van der Waals surface area contributed by atoms with E-state index in [1.807, 2.05) is 20.8 Å². The van der Waals surface area contributed by atoms with Crippen LogP contribution >= 0.6 is 0 Å². The predicted molar refractivity (Wildman–Crippen MR) is 51.1 cm³/mol. The fourth-order valence-corrected chi connectivity index (χ4v) is 1.37. The van der Waals surface area contributed by atoms with Gasteiger partial charge in [-0.3, -0.25) is 0 Å². The van der Waals surface area contributed by atoms with E-state index in [1.54, 1.807) is 4.68 Å². The summed E-state index contributed by atoms with van der Waals surface area (Å²) in [4.78, 5) is 11.3. The van der Waals surface area contributed by atoms with Crippen molar-refractivity contribution in [3.05, 3.63) is 11.4 Å². The Morgan fingerprint density at radius 3 is 2.64 bits per heavy atom. The molecule has 5 nitrogen and oxygen atoms in total. The van der Waals surface area contributed by atoms with Crippen molar-refractivity contribution in [2.75, 3.05) is 7.11 Å². The van der Waals surface area contributed by atoms with Crippen LogP contribution in [0.15, 0.2) is 0 Å². The van der Waals surface area contributed by atoms with Crippen molar-refractivity contribution in [2.45, 2.75) is 33.2 Å². The van der Waals surface area contributed by atoms with Crippen LogP contribution in [0.3, 0.4) is 0 Å². The molecule has 0 N–H and O–H groups in total. The minimum atomic E-state index is -0.423. The van der Waals surface area contributed by atoms with Crippen LogP contribution in [0.2, 0.25) is 0 Å². The van der Waals surface area contributed by atoms with Gasteiger partial charge in [-0.15, -0.1) is 5.10 Å². The van der Waals surface area contributed by atoms with Crippen LogP contribution in [0.5, 0.6) is 0 Å². The molecule has 0 aliphatic carbocycles. The fraction of sp³-hybridized carbons (Fsp3) is 0.667. The molecule has 0 aliphatic rings. The van der Waals surface area contributed by atoms with Crippen molar-refractivity contribution < 1.29 is 9.53 Å². The van der Waals surface area contributed by atoms with Crippen molar-refractivity contribution in [3.63, 3.8) is 0 Å². The minimum Gasteiger partial charge on any atom is -0.464 e. The van der Waals surface area contributed by atoms with E-state index < -0.39 is 5.97 Å². The summed E-state index contributed by atoms with van der Waals surface area (Å²) in [7, 11) is 1.34. The van der Waals surface area contributed by atoms with Gasteiger partial charge in [0.25, 0.3) is 0 Å². The lowest BCUT2D eigenvalue weighted by atomic mass is 10.1. The standard InChI is InChI=1S/C9H15N3O2/c1-5-12-8(6(2)3)7(10-11-12)9(13)14-4/h6H,5H2,1-4H3. The van der Waals surface area contributed by atoms with Gasteiger partial charge in [0, 0.05) is 6.54 Å². The molecule has 0 saturated heterocycles. The maximum atomic E-state index is 11.3. The van der Waals surface area contributed by atoms with Gasteiger partial charge in [0.15, 0.2) is 5.69 Å². The van der Waals surface area contributed by atoms with Crippen LogP contribution < -0.4 is 0 Å². The first-order chi connectivity index (χ1) is 6.61. The number of hydrogen-bond donors (Lipinski definition) is 0. The molecule has 0 radical (unpaired) electrons. The van der Waals surface area contributed by atoms with Gasteiger partial charge in [-0.25, -0.2) is 9.48 Å². The van der Waals surface area contributed by atoms with Gasteiger partial charge in [0.1, 0.15) is 0 Å². The van der Waals surface area contributed by atoms with Crippen molar-refractivity contribution in [3.8, 4) is 0 Å². The number of hydrogen-bond acceptors (Lipinski definition) is 4. The van der Waals surface area contributed by atoms with Crippen molar-refractivity contribution in [1.29, 1.82) is 0 Å². The Morgan fingerprint density at radius 2 is 2.21 bits per heavy atom. The largest absolute Gasteiger partial charge is 0.464 e. The van der Waals surface area contributed by atoms with E-state index in [1.165, 1.54) is 7.11 Å². The summed E-state index contributed by atoms with van der Waals surface area (Å²) < 4.78 is 6.35. The zero-order chi connectivity index (χ0) is 10.7. The lowest BCUT2D eigenvalue weighted by molar-refractivity contribution is 0.0592. The Balaban J connectivity index is 3.17. The van der Waals surface area contributed by atoms with Crippen molar-refractivity contribution in [2.24, 2.45) is 0 Å². The highest BCUT2D eigenvalue weighted by molar-refractivity contribution is 5.88. The van der Waals surface area contributed by atoms with Crippen LogP contribution in [-0.4, -0.2) is 28.1 Å². The van der Waals surface area contributed by atoms with Gasteiger partial charge < -0.3 is 4.74 Å². The maximum Gasteiger partial charge on any atom is 0.360 e. The van der Waals surface area contributed by atoms with Gasteiger partial charge in [-0.05, 0) is 12.8 Å². The highest BCUT2D eigenvalue weighted by Gasteiger charge is 2.21. The summed E-state index contributed by atoms with van der Waals surface area (Å²) in [5.74, 6) is -0.215. The topological polar surface area (TPSA) is 57.0 Å². The van der Waals surface area contributed by atoms with Crippen LogP contribution in [0.4, 0.5) is 0 Å². The summed E-state index contributed by atoms with van der Waals surface area (Å²) in [5, 5.41) is 7.71. The SMILES string of the molecule is CCn1nnc(C(=O)OC)c1C(C)C. The second kappa shape index (κ2) is 4.21. The first-order valence-electron chi connectivity index (χ1n) is 4.63. The number of nitrogens with zero attached hydrogens (tertiary/aromatic N) is 3. The molecule has 0 aromatic carbocycles. The normalized spacial score (nSPS) is 10.6. The van der Waals surface area contributed by atoms with Crippen molar-refractivity contribution >= 4 is 5.97 Å². The number of rotatable bonds is 3. The second-order valence-corrected chi connectivity index (χ2v) is 3.29.